The Balaban J connectivity index is 1.56. The fourth-order valence-electron chi connectivity index (χ4n) is 5.16. The number of aromatic nitrogens is 2. The van der Waals surface area contributed by atoms with Crippen LogP contribution in [0, 0.1) is 0 Å². The summed E-state index contributed by atoms with van der Waals surface area (Å²) in [7, 11) is 4.52. The van der Waals surface area contributed by atoms with Crippen LogP contribution in [0.1, 0.15) is 22.9 Å². The van der Waals surface area contributed by atoms with Gasteiger partial charge < -0.3 is 29.2 Å². The molecule has 2 heterocycles. The molecule has 0 amide bonds. The van der Waals surface area contributed by atoms with Gasteiger partial charge >= 0.3 is 5.69 Å². The van der Waals surface area contributed by atoms with Crippen molar-refractivity contribution in [2.45, 2.75) is 30.1 Å². The maximum Gasteiger partial charge on any atom is 0.332 e. The topological polar surface area (TPSA) is 121 Å². The molecule has 1 fully saturated rings. The largest absolute Gasteiger partial charge is 0.497 e. The molecular formula is C31H32N2O8. The van der Waals surface area contributed by atoms with Crippen LogP contribution in [-0.2, 0) is 22.1 Å². The number of methoxy groups -OCH3 is 2. The predicted octanol–water partition coefficient (Wildman–Crippen LogP) is 2.19. The first-order valence-corrected chi connectivity index (χ1v) is 13.1. The lowest BCUT2D eigenvalue weighted by molar-refractivity contribution is -0.0960. The van der Waals surface area contributed by atoms with Crippen LogP contribution in [0.2, 0.25) is 0 Å². The molecule has 0 saturated carbocycles. The fraction of sp³-hybridized carbons (Fsp3) is 0.290. The molecule has 0 unspecified atom stereocenters. The molecule has 3 aromatic carbocycles. The molecule has 4 atom stereocenters. The van der Waals surface area contributed by atoms with Crippen molar-refractivity contribution in [2.75, 3.05) is 20.8 Å². The number of benzene rings is 3. The monoisotopic (exact) mass is 560 g/mol. The zero-order chi connectivity index (χ0) is 29.1. The van der Waals surface area contributed by atoms with Crippen molar-refractivity contribution in [3.05, 3.63) is 129 Å². The molecule has 1 aliphatic heterocycles. The Bertz CT molecular complexity index is 1530. The molecular weight excluding hydrogens is 528 g/mol. The van der Waals surface area contributed by atoms with Gasteiger partial charge in [-0.15, -0.1) is 0 Å². The van der Waals surface area contributed by atoms with Crippen LogP contribution in [0.3, 0.4) is 0 Å². The summed E-state index contributed by atoms with van der Waals surface area (Å²) in [6.07, 6.45) is -3.78. The highest BCUT2D eigenvalue weighted by Gasteiger charge is 2.46. The minimum absolute atomic E-state index is 0.151. The molecule has 0 bridgehead atoms. The molecule has 1 saturated heterocycles. The average Bonchev–Trinajstić information content (AvgIpc) is 3.30. The summed E-state index contributed by atoms with van der Waals surface area (Å²) in [5.41, 5.74) is 0.0480. The van der Waals surface area contributed by atoms with E-state index in [4.69, 9.17) is 18.9 Å². The standard InChI is InChI=1S/C31H32N2O8/c1-32-26(34)17-18-33(30(32)37)29-28(36)27(35)25(41-29)19-40-31(20-7-5-4-6-8-20,21-9-13-23(38-2)14-10-21)22-11-15-24(39-3)16-12-22/h4-18,25,27-29,35-36H,19H2,1-3H3/t25-,27-,28-,29-/m1/s1. The molecule has 0 radical (unpaired) electrons. The Morgan fingerprint density at radius 1 is 0.780 bits per heavy atom. The van der Waals surface area contributed by atoms with Crippen LogP contribution in [0.25, 0.3) is 0 Å². The minimum atomic E-state index is -1.44. The number of aliphatic hydroxyl groups is 2. The van der Waals surface area contributed by atoms with Gasteiger partial charge in [0.25, 0.3) is 5.56 Å². The number of nitrogens with zero attached hydrogens (tertiary/aromatic N) is 2. The second-order valence-electron chi connectivity index (χ2n) is 9.76. The van der Waals surface area contributed by atoms with Crippen LogP contribution in [-0.4, -0.2) is 58.5 Å². The van der Waals surface area contributed by atoms with Gasteiger partial charge in [-0.2, -0.15) is 0 Å². The van der Waals surface area contributed by atoms with Gasteiger partial charge in [0.2, 0.25) is 0 Å². The van der Waals surface area contributed by atoms with Crippen molar-refractivity contribution in [3.8, 4) is 11.5 Å². The molecule has 214 valence electrons. The van der Waals surface area contributed by atoms with E-state index in [2.05, 4.69) is 0 Å². The first kappa shape index (κ1) is 28.3. The van der Waals surface area contributed by atoms with Crippen molar-refractivity contribution in [1.29, 1.82) is 0 Å². The molecule has 10 heteroatoms. The lowest BCUT2D eigenvalue weighted by Gasteiger charge is -2.37. The zero-order valence-corrected chi connectivity index (χ0v) is 22.9. The smallest absolute Gasteiger partial charge is 0.332 e. The third kappa shape index (κ3) is 5.18. The summed E-state index contributed by atoms with van der Waals surface area (Å²) >= 11 is 0. The van der Waals surface area contributed by atoms with Crippen LogP contribution in [0.4, 0.5) is 0 Å². The van der Waals surface area contributed by atoms with Crippen LogP contribution in [0.15, 0.2) is 101 Å². The summed E-state index contributed by atoms with van der Waals surface area (Å²) in [5, 5.41) is 21.8. The van der Waals surface area contributed by atoms with E-state index in [0.717, 1.165) is 25.8 Å². The third-order valence-electron chi connectivity index (χ3n) is 7.46. The Morgan fingerprint density at radius 3 is 1.85 bits per heavy atom. The van der Waals surface area contributed by atoms with Crippen LogP contribution < -0.4 is 20.7 Å². The molecule has 10 nitrogen and oxygen atoms in total. The highest BCUT2D eigenvalue weighted by Crippen LogP contribution is 2.42. The average molecular weight is 561 g/mol. The highest BCUT2D eigenvalue weighted by molar-refractivity contribution is 5.49. The summed E-state index contributed by atoms with van der Waals surface area (Å²) in [4.78, 5) is 24.6. The second kappa shape index (κ2) is 11.7. The van der Waals surface area contributed by atoms with Crippen molar-refractivity contribution < 1.29 is 29.2 Å². The zero-order valence-electron chi connectivity index (χ0n) is 22.9. The lowest BCUT2D eigenvalue weighted by atomic mass is 9.80. The maximum atomic E-state index is 12.7. The summed E-state index contributed by atoms with van der Waals surface area (Å²) < 4.78 is 25.5. The van der Waals surface area contributed by atoms with Crippen LogP contribution in [0.5, 0.6) is 11.5 Å². The molecule has 0 spiro atoms. The first-order valence-electron chi connectivity index (χ1n) is 13.1. The van der Waals surface area contributed by atoms with E-state index < -0.39 is 41.4 Å². The predicted molar refractivity (Wildman–Crippen MR) is 150 cm³/mol. The van der Waals surface area contributed by atoms with Gasteiger partial charge in [0.05, 0.1) is 20.8 Å². The van der Waals surface area contributed by atoms with Gasteiger partial charge in [-0.1, -0.05) is 54.6 Å². The number of rotatable bonds is 9. The third-order valence-corrected chi connectivity index (χ3v) is 7.46. The minimum Gasteiger partial charge on any atom is -0.497 e. The summed E-state index contributed by atoms with van der Waals surface area (Å²) in [5.74, 6) is 1.35. The van der Waals surface area contributed by atoms with E-state index in [1.54, 1.807) is 14.2 Å². The van der Waals surface area contributed by atoms with E-state index in [0.29, 0.717) is 11.5 Å². The maximum absolute atomic E-state index is 12.7. The quantitative estimate of drug-likeness (QED) is 0.299. The molecule has 4 aromatic rings. The Morgan fingerprint density at radius 2 is 1.32 bits per heavy atom. The van der Waals surface area contributed by atoms with Gasteiger partial charge in [-0.05, 0) is 41.0 Å². The van der Waals surface area contributed by atoms with Crippen molar-refractivity contribution >= 4 is 0 Å². The van der Waals surface area contributed by atoms with Crippen LogP contribution >= 0.6 is 0 Å². The van der Waals surface area contributed by atoms with E-state index in [1.165, 1.54) is 19.3 Å². The Kier molecular flexibility index (Phi) is 8.09. The number of aliphatic hydroxyl groups excluding tert-OH is 2. The summed E-state index contributed by atoms with van der Waals surface area (Å²) in [6.45, 7) is -0.151. The van der Waals surface area contributed by atoms with Gasteiger partial charge in [-0.3, -0.25) is 13.9 Å². The molecule has 0 aliphatic carbocycles. The van der Waals surface area contributed by atoms with E-state index in [-0.39, 0.29) is 6.61 Å². The van der Waals surface area contributed by atoms with Gasteiger partial charge in [0.1, 0.15) is 35.4 Å². The SMILES string of the molecule is COc1ccc(C(OC[C@H]2O[C@@H](n3ccc(=O)n(C)c3=O)[C@H](O)[C@@H]2O)(c2ccccc2)c2ccc(OC)cc2)cc1. The molecule has 2 N–H and O–H groups in total. The normalized spacial score (nSPS) is 20.6. The molecule has 5 rings (SSSR count). The molecule has 41 heavy (non-hydrogen) atoms. The molecule has 1 aliphatic rings. The highest BCUT2D eigenvalue weighted by atomic mass is 16.6. The molecule has 1 aromatic heterocycles. The first-order chi connectivity index (χ1) is 19.8. The van der Waals surface area contributed by atoms with E-state index in [1.807, 2.05) is 78.9 Å². The number of hydrogen-bond donors (Lipinski definition) is 2. The number of ether oxygens (including phenoxy) is 4. The van der Waals surface area contributed by atoms with Crippen molar-refractivity contribution in [1.82, 2.24) is 9.13 Å². The number of hydrogen-bond acceptors (Lipinski definition) is 8. The van der Waals surface area contributed by atoms with E-state index in [9.17, 15) is 19.8 Å². The second-order valence-corrected chi connectivity index (χ2v) is 9.76. The van der Waals surface area contributed by atoms with Crippen molar-refractivity contribution in [3.63, 3.8) is 0 Å². The van der Waals surface area contributed by atoms with Gasteiger partial charge in [-0.25, -0.2) is 4.79 Å². The van der Waals surface area contributed by atoms with E-state index >= 15 is 0 Å². The van der Waals surface area contributed by atoms with Gasteiger partial charge in [0, 0.05) is 19.3 Å². The summed E-state index contributed by atoms with van der Waals surface area (Å²) in [6, 6.07) is 25.8. The lowest BCUT2D eigenvalue weighted by Crippen LogP contribution is -2.41. The van der Waals surface area contributed by atoms with Gasteiger partial charge in [0.15, 0.2) is 6.23 Å². The van der Waals surface area contributed by atoms with Crippen molar-refractivity contribution in [2.24, 2.45) is 7.05 Å². The fourth-order valence-corrected chi connectivity index (χ4v) is 5.16. The Labute approximate surface area is 236 Å². The Hall–Kier alpha value is -4.22.